The Morgan fingerprint density at radius 2 is 2.00 bits per heavy atom. The van der Waals surface area contributed by atoms with Gasteiger partial charge < -0.3 is 5.32 Å². The van der Waals surface area contributed by atoms with E-state index >= 15 is 0 Å². The Hall–Kier alpha value is -1.06. The van der Waals surface area contributed by atoms with E-state index in [1.165, 1.54) is 42.6 Å². The summed E-state index contributed by atoms with van der Waals surface area (Å²) in [4.78, 5) is 5.18. The first-order valence-corrected chi connectivity index (χ1v) is 7.90. The number of aryl methyl sites for hydroxylation is 1. The predicted octanol–water partition coefficient (Wildman–Crippen LogP) is 5.14. The molecule has 0 aliphatic heterocycles. The third-order valence-corrected chi connectivity index (χ3v) is 4.13. The average molecular weight is 295 g/mol. The van der Waals surface area contributed by atoms with E-state index in [9.17, 15) is 0 Å². The molecule has 0 radical (unpaired) electrons. The minimum Gasteiger partial charge on any atom is -0.380 e. The normalized spacial score (nSPS) is 10.6. The zero-order valence-corrected chi connectivity index (χ0v) is 12.7. The molecule has 19 heavy (non-hydrogen) atoms. The Balaban J connectivity index is 1.81. The van der Waals surface area contributed by atoms with Crippen LogP contribution in [0.15, 0.2) is 30.5 Å². The number of hydrogen-bond acceptors (Lipinski definition) is 3. The van der Waals surface area contributed by atoms with Crippen molar-refractivity contribution in [2.45, 2.75) is 39.2 Å². The number of hydrogen-bond donors (Lipinski definition) is 1. The quantitative estimate of drug-likeness (QED) is 0.715. The van der Waals surface area contributed by atoms with Crippen molar-refractivity contribution in [1.29, 1.82) is 0 Å². The number of nitrogens with zero attached hydrogens (tertiary/aromatic N) is 1. The minimum atomic E-state index is 0.600. The highest BCUT2D eigenvalue weighted by molar-refractivity contribution is 7.15. The Labute approximate surface area is 123 Å². The van der Waals surface area contributed by atoms with Gasteiger partial charge in [0.1, 0.15) is 0 Å². The van der Waals surface area contributed by atoms with Crippen LogP contribution < -0.4 is 5.32 Å². The van der Waals surface area contributed by atoms with E-state index in [-0.39, 0.29) is 0 Å². The number of anilines is 1. The molecule has 0 aliphatic carbocycles. The van der Waals surface area contributed by atoms with Gasteiger partial charge in [0.15, 0.2) is 4.47 Å². The smallest absolute Gasteiger partial charge is 0.183 e. The first-order valence-electron chi connectivity index (χ1n) is 6.71. The van der Waals surface area contributed by atoms with Crippen molar-refractivity contribution < 1.29 is 0 Å². The van der Waals surface area contributed by atoms with Crippen LogP contribution in [-0.4, -0.2) is 4.98 Å². The third-order valence-electron chi connectivity index (χ3n) is 3.02. The Morgan fingerprint density at radius 3 is 2.63 bits per heavy atom. The van der Waals surface area contributed by atoms with Gasteiger partial charge in [-0.05, 0) is 30.5 Å². The Morgan fingerprint density at radius 1 is 1.21 bits per heavy atom. The van der Waals surface area contributed by atoms with Gasteiger partial charge in [-0.2, -0.15) is 0 Å². The van der Waals surface area contributed by atoms with E-state index in [1.807, 2.05) is 6.20 Å². The lowest BCUT2D eigenvalue weighted by Crippen LogP contribution is -1.97. The maximum Gasteiger partial charge on any atom is 0.183 e. The summed E-state index contributed by atoms with van der Waals surface area (Å²) >= 11 is 7.32. The molecule has 0 amide bonds. The second-order valence-electron chi connectivity index (χ2n) is 4.59. The van der Waals surface area contributed by atoms with Crippen LogP contribution >= 0.6 is 22.9 Å². The number of unbranched alkanes of at least 4 members (excludes halogenated alkanes) is 2. The number of thiazole rings is 1. The maximum atomic E-state index is 5.80. The molecule has 0 unspecified atom stereocenters. The first-order chi connectivity index (χ1) is 9.28. The highest BCUT2D eigenvalue weighted by atomic mass is 35.5. The Bertz CT molecular complexity index is 493. The summed E-state index contributed by atoms with van der Waals surface area (Å²) in [6.45, 7) is 3.01. The number of halogens is 1. The van der Waals surface area contributed by atoms with Gasteiger partial charge in [-0.3, -0.25) is 0 Å². The molecule has 0 fully saturated rings. The van der Waals surface area contributed by atoms with Crippen molar-refractivity contribution in [2.24, 2.45) is 0 Å². The molecule has 0 atom stereocenters. The fourth-order valence-electron chi connectivity index (χ4n) is 1.92. The molecule has 2 nitrogen and oxygen atoms in total. The molecule has 1 heterocycles. The fourth-order valence-corrected chi connectivity index (χ4v) is 2.84. The SMILES string of the molecule is CCCCCc1ccc(NCc2cnc(Cl)s2)cc1. The van der Waals surface area contributed by atoms with Crippen LogP contribution in [-0.2, 0) is 13.0 Å². The van der Waals surface area contributed by atoms with E-state index in [4.69, 9.17) is 11.6 Å². The van der Waals surface area contributed by atoms with E-state index in [0.29, 0.717) is 4.47 Å². The molecular weight excluding hydrogens is 276 g/mol. The number of benzene rings is 1. The number of aromatic nitrogens is 1. The lowest BCUT2D eigenvalue weighted by Gasteiger charge is -2.06. The lowest BCUT2D eigenvalue weighted by atomic mass is 10.1. The van der Waals surface area contributed by atoms with Gasteiger partial charge in [0.05, 0.1) is 6.54 Å². The zero-order chi connectivity index (χ0) is 13.5. The first kappa shape index (κ1) is 14.4. The summed E-state index contributed by atoms with van der Waals surface area (Å²) in [6.07, 6.45) is 6.86. The summed E-state index contributed by atoms with van der Waals surface area (Å²) in [5.41, 5.74) is 2.56. The van der Waals surface area contributed by atoms with E-state index in [1.54, 1.807) is 0 Å². The topological polar surface area (TPSA) is 24.9 Å². The van der Waals surface area contributed by atoms with Crippen LogP contribution in [0.4, 0.5) is 5.69 Å². The predicted molar refractivity (Wildman–Crippen MR) is 84.1 cm³/mol. The van der Waals surface area contributed by atoms with Gasteiger partial charge in [-0.1, -0.05) is 43.5 Å². The summed E-state index contributed by atoms with van der Waals surface area (Å²) < 4.78 is 0.600. The van der Waals surface area contributed by atoms with Crippen molar-refractivity contribution in [3.8, 4) is 0 Å². The molecule has 1 aromatic heterocycles. The number of rotatable bonds is 7. The van der Waals surface area contributed by atoms with Gasteiger partial charge in [0.2, 0.25) is 0 Å². The standard InChI is InChI=1S/C15H19ClN2S/c1-2-3-4-5-12-6-8-13(9-7-12)17-10-14-11-18-15(16)19-14/h6-9,11,17H,2-5,10H2,1H3. The van der Waals surface area contributed by atoms with Crippen molar-refractivity contribution in [3.05, 3.63) is 45.4 Å². The van der Waals surface area contributed by atoms with E-state index < -0.39 is 0 Å². The monoisotopic (exact) mass is 294 g/mol. The van der Waals surface area contributed by atoms with Gasteiger partial charge in [0, 0.05) is 16.8 Å². The summed E-state index contributed by atoms with van der Waals surface area (Å²) in [5, 5.41) is 3.38. The maximum absolute atomic E-state index is 5.80. The van der Waals surface area contributed by atoms with Crippen molar-refractivity contribution >= 4 is 28.6 Å². The second kappa shape index (κ2) is 7.51. The lowest BCUT2D eigenvalue weighted by molar-refractivity contribution is 0.717. The van der Waals surface area contributed by atoms with Crippen molar-refractivity contribution in [3.63, 3.8) is 0 Å². The summed E-state index contributed by atoms with van der Waals surface area (Å²) in [7, 11) is 0. The molecule has 4 heteroatoms. The molecule has 2 rings (SSSR count). The van der Waals surface area contributed by atoms with E-state index in [2.05, 4.69) is 41.5 Å². The molecule has 0 saturated carbocycles. The zero-order valence-electron chi connectivity index (χ0n) is 11.2. The molecule has 1 N–H and O–H groups in total. The van der Waals surface area contributed by atoms with Crippen molar-refractivity contribution in [2.75, 3.05) is 5.32 Å². The molecular formula is C15H19ClN2S. The average Bonchev–Trinajstić information content (AvgIpc) is 2.84. The highest BCUT2D eigenvalue weighted by Crippen LogP contribution is 2.19. The summed E-state index contributed by atoms with van der Waals surface area (Å²) in [5.74, 6) is 0. The molecule has 0 saturated heterocycles. The van der Waals surface area contributed by atoms with Crippen LogP contribution in [0.3, 0.4) is 0 Å². The van der Waals surface area contributed by atoms with Crippen molar-refractivity contribution in [1.82, 2.24) is 4.98 Å². The van der Waals surface area contributed by atoms with Gasteiger partial charge in [-0.15, -0.1) is 11.3 Å². The van der Waals surface area contributed by atoms with Gasteiger partial charge in [-0.25, -0.2) is 4.98 Å². The van der Waals surface area contributed by atoms with E-state index in [0.717, 1.165) is 17.1 Å². The summed E-state index contributed by atoms with van der Waals surface area (Å²) in [6, 6.07) is 8.70. The second-order valence-corrected chi connectivity index (χ2v) is 6.28. The molecule has 0 aliphatic rings. The van der Waals surface area contributed by atoms with Crippen LogP contribution in [0.25, 0.3) is 0 Å². The van der Waals surface area contributed by atoms with Crippen LogP contribution in [0.1, 0.15) is 36.6 Å². The Kier molecular flexibility index (Phi) is 5.67. The number of nitrogens with one attached hydrogen (secondary N) is 1. The fraction of sp³-hybridized carbons (Fsp3) is 0.400. The molecule has 2 aromatic rings. The minimum absolute atomic E-state index is 0.600. The highest BCUT2D eigenvalue weighted by Gasteiger charge is 1.99. The largest absolute Gasteiger partial charge is 0.380 e. The van der Waals surface area contributed by atoms with Gasteiger partial charge >= 0.3 is 0 Å². The van der Waals surface area contributed by atoms with Crippen LogP contribution in [0, 0.1) is 0 Å². The molecule has 0 bridgehead atoms. The molecule has 102 valence electrons. The van der Waals surface area contributed by atoms with Crippen LogP contribution in [0.5, 0.6) is 0 Å². The molecule has 0 spiro atoms. The third kappa shape index (κ3) is 4.84. The van der Waals surface area contributed by atoms with Gasteiger partial charge in [0.25, 0.3) is 0 Å². The van der Waals surface area contributed by atoms with Crippen LogP contribution in [0.2, 0.25) is 4.47 Å². The molecule has 1 aromatic carbocycles.